The lowest BCUT2D eigenvalue weighted by atomic mass is 10.1. The Morgan fingerprint density at radius 3 is 2.79 bits per heavy atom. The number of carbonyl (C=O) groups is 1. The van der Waals surface area contributed by atoms with Crippen LogP contribution in [0.5, 0.6) is 0 Å². The molecule has 76 valence electrons. The second-order valence-corrected chi connectivity index (χ2v) is 3.66. The van der Waals surface area contributed by atoms with Crippen molar-refractivity contribution in [3.63, 3.8) is 0 Å². The van der Waals surface area contributed by atoms with Crippen LogP contribution in [0.1, 0.15) is 15.9 Å². The zero-order valence-electron chi connectivity index (χ0n) is 7.81. The van der Waals surface area contributed by atoms with Crippen LogP contribution in [0.25, 0.3) is 0 Å². The Labute approximate surface area is 90.6 Å². The number of hydrogen-bond donors (Lipinski definition) is 1. The molecule has 0 unspecified atom stereocenters. The lowest BCUT2D eigenvalue weighted by Gasteiger charge is -2.03. The van der Waals surface area contributed by atoms with E-state index >= 15 is 0 Å². The highest BCUT2D eigenvalue weighted by atomic mass is 79.9. The molecule has 0 bridgehead atoms. The summed E-state index contributed by atoms with van der Waals surface area (Å²) in [4.78, 5) is 11.2. The van der Waals surface area contributed by atoms with Gasteiger partial charge in [0.15, 0.2) is 0 Å². The molecule has 0 aromatic heterocycles. The third-order valence-corrected chi connectivity index (χ3v) is 2.23. The van der Waals surface area contributed by atoms with Gasteiger partial charge in [0, 0.05) is 17.9 Å². The van der Waals surface area contributed by atoms with Gasteiger partial charge in [-0.3, -0.25) is 4.79 Å². The number of halogens is 2. The third kappa shape index (κ3) is 2.80. The minimum absolute atomic E-state index is 0.264. The number of carbonyl (C=O) groups excluding carboxylic acids is 1. The number of rotatable bonds is 3. The van der Waals surface area contributed by atoms with Gasteiger partial charge in [0.05, 0.1) is 0 Å². The molecule has 14 heavy (non-hydrogen) atoms. The molecule has 1 rings (SSSR count). The molecule has 0 aliphatic heterocycles. The van der Waals surface area contributed by atoms with Gasteiger partial charge in [0.2, 0.25) is 0 Å². The van der Waals surface area contributed by atoms with E-state index in [0.29, 0.717) is 12.0 Å². The van der Waals surface area contributed by atoms with E-state index in [2.05, 4.69) is 21.2 Å². The van der Waals surface area contributed by atoms with Crippen molar-refractivity contribution >= 4 is 21.8 Å². The molecule has 1 aromatic rings. The van der Waals surface area contributed by atoms with E-state index in [-0.39, 0.29) is 11.7 Å². The smallest absolute Gasteiger partial charge is 0.251 e. The van der Waals surface area contributed by atoms with E-state index in [4.69, 9.17) is 0 Å². The van der Waals surface area contributed by atoms with Crippen LogP contribution in [-0.2, 0) is 6.42 Å². The molecule has 0 atom stereocenters. The highest BCUT2D eigenvalue weighted by Crippen LogP contribution is 2.10. The van der Waals surface area contributed by atoms with Crippen LogP contribution in [0.15, 0.2) is 18.2 Å². The molecule has 0 aliphatic carbocycles. The number of nitrogens with one attached hydrogen (secondary N) is 1. The van der Waals surface area contributed by atoms with Gasteiger partial charge in [-0.2, -0.15) is 0 Å². The monoisotopic (exact) mass is 259 g/mol. The molecule has 0 heterocycles. The first-order chi connectivity index (χ1) is 6.67. The summed E-state index contributed by atoms with van der Waals surface area (Å²) in [5.74, 6) is -0.637. The Bertz CT molecular complexity index is 341. The van der Waals surface area contributed by atoms with Crippen molar-refractivity contribution in [2.75, 3.05) is 12.4 Å². The minimum atomic E-state index is -0.373. The summed E-state index contributed by atoms with van der Waals surface area (Å²) in [6.07, 6.45) is 0.710. The average Bonchev–Trinajstić information content (AvgIpc) is 2.16. The quantitative estimate of drug-likeness (QED) is 0.829. The molecule has 1 amide bonds. The van der Waals surface area contributed by atoms with Crippen LogP contribution in [0.4, 0.5) is 4.39 Å². The van der Waals surface area contributed by atoms with E-state index in [0.717, 1.165) is 10.9 Å². The van der Waals surface area contributed by atoms with Crippen molar-refractivity contribution in [2.45, 2.75) is 6.42 Å². The van der Waals surface area contributed by atoms with Gasteiger partial charge >= 0.3 is 0 Å². The van der Waals surface area contributed by atoms with Gasteiger partial charge in [0.25, 0.3) is 5.91 Å². The van der Waals surface area contributed by atoms with Gasteiger partial charge in [-0.05, 0) is 30.2 Å². The first kappa shape index (κ1) is 11.2. The van der Waals surface area contributed by atoms with Crippen molar-refractivity contribution in [1.82, 2.24) is 5.32 Å². The summed E-state index contributed by atoms with van der Waals surface area (Å²) >= 11 is 3.27. The Hall–Kier alpha value is -0.900. The van der Waals surface area contributed by atoms with Crippen LogP contribution < -0.4 is 5.32 Å². The number of amides is 1. The molecule has 2 nitrogen and oxygen atoms in total. The van der Waals surface area contributed by atoms with E-state index < -0.39 is 0 Å². The predicted octanol–water partition coefficient (Wildman–Crippen LogP) is 2.12. The molecular formula is C10H11BrFNO. The normalized spacial score (nSPS) is 9.93. The van der Waals surface area contributed by atoms with E-state index in [1.165, 1.54) is 19.2 Å². The zero-order valence-corrected chi connectivity index (χ0v) is 9.40. The van der Waals surface area contributed by atoms with Crippen molar-refractivity contribution in [3.8, 4) is 0 Å². The van der Waals surface area contributed by atoms with Gasteiger partial charge < -0.3 is 5.32 Å². The first-order valence-corrected chi connectivity index (χ1v) is 5.37. The largest absolute Gasteiger partial charge is 0.355 e. The van der Waals surface area contributed by atoms with Gasteiger partial charge in [-0.15, -0.1) is 0 Å². The lowest BCUT2D eigenvalue weighted by Crippen LogP contribution is -2.18. The summed E-state index contributed by atoms with van der Waals surface area (Å²) in [5.41, 5.74) is 1.18. The van der Waals surface area contributed by atoms with E-state index in [9.17, 15) is 9.18 Å². The van der Waals surface area contributed by atoms with Crippen molar-refractivity contribution in [2.24, 2.45) is 0 Å². The summed E-state index contributed by atoms with van der Waals surface area (Å²) in [6, 6.07) is 4.37. The Morgan fingerprint density at radius 1 is 1.50 bits per heavy atom. The maximum absolute atomic E-state index is 13.1. The van der Waals surface area contributed by atoms with Crippen LogP contribution in [0, 0.1) is 5.82 Å². The molecule has 4 heteroatoms. The molecule has 0 aliphatic rings. The van der Waals surface area contributed by atoms with Gasteiger partial charge in [-0.1, -0.05) is 15.9 Å². The molecule has 1 aromatic carbocycles. The molecule has 0 radical (unpaired) electrons. The minimum Gasteiger partial charge on any atom is -0.355 e. The zero-order chi connectivity index (χ0) is 10.6. The number of benzene rings is 1. The number of hydrogen-bond acceptors (Lipinski definition) is 1. The fourth-order valence-electron chi connectivity index (χ4n) is 1.18. The van der Waals surface area contributed by atoms with Gasteiger partial charge in [-0.25, -0.2) is 4.39 Å². The Kier molecular flexibility index (Phi) is 4.07. The number of aryl methyl sites for hydroxylation is 1. The molecule has 0 saturated carbocycles. The summed E-state index contributed by atoms with van der Waals surface area (Å²) < 4.78 is 13.1. The molecular weight excluding hydrogens is 249 g/mol. The SMILES string of the molecule is CNC(=O)c1cc(F)cc(CCBr)c1. The molecule has 0 spiro atoms. The maximum Gasteiger partial charge on any atom is 0.251 e. The second kappa shape index (κ2) is 5.10. The van der Waals surface area contributed by atoms with Crippen LogP contribution in [-0.4, -0.2) is 18.3 Å². The fraction of sp³-hybridized carbons (Fsp3) is 0.300. The topological polar surface area (TPSA) is 29.1 Å². The van der Waals surface area contributed by atoms with Crippen LogP contribution >= 0.6 is 15.9 Å². The van der Waals surface area contributed by atoms with E-state index in [1.807, 2.05) is 0 Å². The summed E-state index contributed by atoms with van der Waals surface area (Å²) in [6.45, 7) is 0. The lowest BCUT2D eigenvalue weighted by molar-refractivity contribution is 0.0962. The summed E-state index contributed by atoms with van der Waals surface area (Å²) in [7, 11) is 1.53. The highest BCUT2D eigenvalue weighted by molar-refractivity contribution is 9.09. The van der Waals surface area contributed by atoms with Crippen LogP contribution in [0.2, 0.25) is 0 Å². The Balaban J connectivity index is 3.00. The highest BCUT2D eigenvalue weighted by Gasteiger charge is 2.06. The average molecular weight is 260 g/mol. The fourth-order valence-corrected chi connectivity index (χ4v) is 1.64. The predicted molar refractivity (Wildman–Crippen MR) is 57.3 cm³/mol. The van der Waals surface area contributed by atoms with Crippen LogP contribution in [0.3, 0.4) is 0 Å². The van der Waals surface area contributed by atoms with Crippen molar-refractivity contribution in [1.29, 1.82) is 0 Å². The first-order valence-electron chi connectivity index (χ1n) is 4.25. The molecule has 0 saturated heterocycles. The molecule has 0 fully saturated rings. The summed E-state index contributed by atoms with van der Waals surface area (Å²) in [5, 5.41) is 3.21. The van der Waals surface area contributed by atoms with Gasteiger partial charge in [0.1, 0.15) is 5.82 Å². The number of alkyl halides is 1. The Morgan fingerprint density at radius 2 is 2.21 bits per heavy atom. The van der Waals surface area contributed by atoms with Crippen molar-refractivity contribution in [3.05, 3.63) is 35.1 Å². The second-order valence-electron chi connectivity index (χ2n) is 2.87. The standard InChI is InChI=1S/C10H11BrFNO/c1-13-10(14)8-4-7(2-3-11)5-9(12)6-8/h4-6H,2-3H2,1H3,(H,13,14). The van der Waals surface area contributed by atoms with E-state index in [1.54, 1.807) is 6.07 Å². The maximum atomic E-state index is 13.1. The third-order valence-electron chi connectivity index (χ3n) is 1.83. The molecule has 1 N–H and O–H groups in total. The van der Waals surface area contributed by atoms with Crippen molar-refractivity contribution < 1.29 is 9.18 Å².